The van der Waals surface area contributed by atoms with E-state index in [0.717, 1.165) is 17.4 Å². The molecule has 0 saturated heterocycles. The highest BCUT2D eigenvalue weighted by molar-refractivity contribution is 5.85. The number of hydrogen-bond acceptors (Lipinski definition) is 2. The highest BCUT2D eigenvalue weighted by Gasteiger charge is 1.92. The van der Waals surface area contributed by atoms with Gasteiger partial charge in [-0.15, -0.1) is 0 Å². The summed E-state index contributed by atoms with van der Waals surface area (Å²) < 4.78 is 0. The van der Waals surface area contributed by atoms with Crippen molar-refractivity contribution in [1.29, 1.82) is 0 Å². The standard InChI is InChI=1S/C11H11NO/c1-2-10-5-3-4-6-11(10)9-12-7-8-13/h2-6,8-9H,1,7H2. The van der Waals surface area contributed by atoms with E-state index in [0.29, 0.717) is 0 Å². The number of aldehydes is 1. The summed E-state index contributed by atoms with van der Waals surface area (Å²) in [7, 11) is 0. The Balaban J connectivity index is 2.86. The second kappa shape index (κ2) is 5.04. The average Bonchev–Trinajstić information content (AvgIpc) is 2.19. The summed E-state index contributed by atoms with van der Waals surface area (Å²) in [4.78, 5) is 13.9. The van der Waals surface area contributed by atoms with E-state index >= 15 is 0 Å². The van der Waals surface area contributed by atoms with Gasteiger partial charge in [0, 0.05) is 6.21 Å². The molecular weight excluding hydrogens is 162 g/mol. The Morgan fingerprint density at radius 3 is 2.62 bits per heavy atom. The molecule has 0 unspecified atom stereocenters. The minimum atomic E-state index is 0.214. The van der Waals surface area contributed by atoms with E-state index in [1.165, 1.54) is 0 Å². The van der Waals surface area contributed by atoms with Gasteiger partial charge in [-0.1, -0.05) is 36.9 Å². The summed E-state index contributed by atoms with van der Waals surface area (Å²) in [6.45, 7) is 3.90. The summed E-state index contributed by atoms with van der Waals surface area (Å²) in [5.74, 6) is 0. The maximum absolute atomic E-state index is 10.0. The van der Waals surface area contributed by atoms with Crippen LogP contribution in [0, 0.1) is 0 Å². The minimum Gasteiger partial charge on any atom is -0.301 e. The first kappa shape index (κ1) is 9.39. The molecule has 0 atom stereocenters. The molecule has 13 heavy (non-hydrogen) atoms. The van der Waals surface area contributed by atoms with Crippen LogP contribution in [0.2, 0.25) is 0 Å². The van der Waals surface area contributed by atoms with Gasteiger partial charge in [0.1, 0.15) is 6.29 Å². The predicted molar refractivity (Wildman–Crippen MR) is 55.1 cm³/mol. The van der Waals surface area contributed by atoms with E-state index in [2.05, 4.69) is 11.6 Å². The molecule has 1 aromatic carbocycles. The van der Waals surface area contributed by atoms with Gasteiger partial charge in [-0.3, -0.25) is 4.99 Å². The number of carbonyl (C=O) groups excluding carboxylic acids is 1. The number of nitrogens with zero attached hydrogens (tertiary/aromatic N) is 1. The first-order chi connectivity index (χ1) is 6.38. The molecule has 1 rings (SSSR count). The molecule has 0 amide bonds. The molecule has 2 nitrogen and oxygen atoms in total. The van der Waals surface area contributed by atoms with Gasteiger partial charge >= 0.3 is 0 Å². The van der Waals surface area contributed by atoms with Crippen LogP contribution in [0.25, 0.3) is 6.08 Å². The molecule has 0 bridgehead atoms. The Bertz CT molecular complexity index is 329. The van der Waals surface area contributed by atoms with E-state index < -0.39 is 0 Å². The van der Waals surface area contributed by atoms with Crippen LogP contribution < -0.4 is 0 Å². The Morgan fingerprint density at radius 1 is 1.31 bits per heavy atom. The largest absolute Gasteiger partial charge is 0.301 e. The monoisotopic (exact) mass is 173 g/mol. The molecule has 0 heterocycles. The summed E-state index contributed by atoms with van der Waals surface area (Å²) in [5, 5.41) is 0. The smallest absolute Gasteiger partial charge is 0.141 e. The fraction of sp³-hybridized carbons (Fsp3) is 0.0909. The van der Waals surface area contributed by atoms with Crippen molar-refractivity contribution in [1.82, 2.24) is 0 Å². The van der Waals surface area contributed by atoms with Gasteiger partial charge in [-0.05, 0) is 11.1 Å². The Morgan fingerprint density at radius 2 is 2.00 bits per heavy atom. The van der Waals surface area contributed by atoms with Crippen LogP contribution in [0.4, 0.5) is 0 Å². The summed E-state index contributed by atoms with van der Waals surface area (Å²) in [5.41, 5.74) is 2.01. The van der Waals surface area contributed by atoms with Crippen LogP contribution in [-0.4, -0.2) is 19.0 Å². The van der Waals surface area contributed by atoms with Crippen molar-refractivity contribution in [2.45, 2.75) is 0 Å². The van der Waals surface area contributed by atoms with Gasteiger partial charge in [-0.25, -0.2) is 0 Å². The third-order valence-corrected chi connectivity index (χ3v) is 1.63. The van der Waals surface area contributed by atoms with Crippen molar-refractivity contribution >= 4 is 18.6 Å². The zero-order chi connectivity index (χ0) is 9.52. The van der Waals surface area contributed by atoms with E-state index in [4.69, 9.17) is 0 Å². The fourth-order valence-electron chi connectivity index (χ4n) is 1.01. The molecule has 1 aromatic rings. The number of rotatable bonds is 4. The van der Waals surface area contributed by atoms with Crippen LogP contribution in [0.15, 0.2) is 35.8 Å². The van der Waals surface area contributed by atoms with Gasteiger partial charge in [0.25, 0.3) is 0 Å². The quantitative estimate of drug-likeness (QED) is 0.505. The van der Waals surface area contributed by atoms with Crippen molar-refractivity contribution in [2.24, 2.45) is 4.99 Å². The summed E-state index contributed by atoms with van der Waals surface area (Å²) in [6, 6.07) is 7.75. The zero-order valence-electron chi connectivity index (χ0n) is 7.31. The van der Waals surface area contributed by atoms with E-state index in [1.807, 2.05) is 24.3 Å². The lowest BCUT2D eigenvalue weighted by atomic mass is 10.1. The minimum absolute atomic E-state index is 0.214. The lowest BCUT2D eigenvalue weighted by Crippen LogP contribution is -1.88. The maximum atomic E-state index is 10.0. The van der Waals surface area contributed by atoms with Gasteiger partial charge in [-0.2, -0.15) is 0 Å². The molecule has 0 aliphatic heterocycles. The molecule has 0 spiro atoms. The zero-order valence-corrected chi connectivity index (χ0v) is 7.31. The average molecular weight is 173 g/mol. The van der Waals surface area contributed by atoms with E-state index in [-0.39, 0.29) is 6.54 Å². The van der Waals surface area contributed by atoms with Crippen LogP contribution >= 0.6 is 0 Å². The van der Waals surface area contributed by atoms with E-state index in [9.17, 15) is 4.79 Å². The summed E-state index contributed by atoms with van der Waals surface area (Å²) in [6.07, 6.45) is 4.22. The lowest BCUT2D eigenvalue weighted by molar-refractivity contribution is -0.106. The first-order valence-corrected chi connectivity index (χ1v) is 4.03. The molecular formula is C11H11NO. The van der Waals surface area contributed by atoms with Gasteiger partial charge < -0.3 is 4.79 Å². The van der Waals surface area contributed by atoms with Gasteiger partial charge in [0.2, 0.25) is 0 Å². The van der Waals surface area contributed by atoms with Gasteiger partial charge in [0.05, 0.1) is 6.54 Å². The van der Waals surface area contributed by atoms with E-state index in [1.54, 1.807) is 12.3 Å². The highest BCUT2D eigenvalue weighted by Crippen LogP contribution is 2.06. The first-order valence-electron chi connectivity index (χ1n) is 4.03. The third-order valence-electron chi connectivity index (χ3n) is 1.63. The number of hydrogen-bond donors (Lipinski definition) is 0. The summed E-state index contributed by atoms with van der Waals surface area (Å²) >= 11 is 0. The molecule has 66 valence electrons. The number of benzene rings is 1. The van der Waals surface area contributed by atoms with Gasteiger partial charge in [0.15, 0.2) is 0 Å². The lowest BCUT2D eigenvalue weighted by Gasteiger charge is -1.97. The van der Waals surface area contributed by atoms with Crippen molar-refractivity contribution in [3.8, 4) is 0 Å². The van der Waals surface area contributed by atoms with Crippen LogP contribution in [-0.2, 0) is 4.79 Å². The molecule has 2 heteroatoms. The van der Waals surface area contributed by atoms with Crippen LogP contribution in [0.3, 0.4) is 0 Å². The topological polar surface area (TPSA) is 29.4 Å². The molecule has 0 fully saturated rings. The number of aliphatic imine (C=N–C) groups is 1. The molecule has 0 aliphatic carbocycles. The van der Waals surface area contributed by atoms with Crippen molar-refractivity contribution in [3.05, 3.63) is 42.0 Å². The third kappa shape index (κ3) is 2.67. The van der Waals surface area contributed by atoms with Crippen molar-refractivity contribution in [2.75, 3.05) is 6.54 Å². The predicted octanol–water partition coefficient (Wildman–Crippen LogP) is 1.95. The molecule has 0 N–H and O–H groups in total. The van der Waals surface area contributed by atoms with Crippen LogP contribution in [0.5, 0.6) is 0 Å². The number of carbonyl (C=O) groups is 1. The maximum Gasteiger partial charge on any atom is 0.141 e. The van der Waals surface area contributed by atoms with Crippen molar-refractivity contribution in [3.63, 3.8) is 0 Å². The molecule has 0 aromatic heterocycles. The Labute approximate surface area is 77.6 Å². The molecule has 0 aliphatic rings. The molecule has 0 saturated carbocycles. The normalized spacial score (nSPS) is 10.2. The Hall–Kier alpha value is -1.70. The molecule has 0 radical (unpaired) electrons. The highest BCUT2D eigenvalue weighted by atomic mass is 16.1. The fourth-order valence-corrected chi connectivity index (χ4v) is 1.01. The second-order valence-corrected chi connectivity index (χ2v) is 2.49. The van der Waals surface area contributed by atoms with Crippen molar-refractivity contribution < 1.29 is 4.79 Å². The Kier molecular flexibility index (Phi) is 3.64. The SMILES string of the molecule is C=Cc1ccccc1C=NCC=O. The second-order valence-electron chi connectivity index (χ2n) is 2.49. The van der Waals surface area contributed by atoms with Crippen LogP contribution in [0.1, 0.15) is 11.1 Å².